The summed E-state index contributed by atoms with van der Waals surface area (Å²) < 4.78 is 2.06. The van der Waals surface area contributed by atoms with Crippen molar-refractivity contribution in [3.63, 3.8) is 0 Å². The Kier molecular flexibility index (Phi) is 4.42. The molecule has 0 unspecified atom stereocenters. The second-order valence-electron chi connectivity index (χ2n) is 5.75. The molecule has 108 valence electrons. The topological polar surface area (TPSA) is 42.7 Å². The second-order valence-corrected chi connectivity index (χ2v) is 5.75. The number of hydrogen-bond donors (Lipinski definition) is 1. The lowest BCUT2D eigenvalue weighted by atomic mass is 10.1. The van der Waals surface area contributed by atoms with Crippen LogP contribution in [0, 0.1) is 6.92 Å². The van der Waals surface area contributed by atoms with E-state index >= 15 is 0 Å². The van der Waals surface area contributed by atoms with Gasteiger partial charge in [-0.1, -0.05) is 19.9 Å². The zero-order chi connectivity index (χ0) is 14.7. The number of rotatable bonds is 5. The zero-order valence-corrected chi connectivity index (χ0v) is 13.0. The Balaban J connectivity index is 2.18. The fourth-order valence-corrected chi connectivity index (χ4v) is 2.11. The minimum Gasteiger partial charge on any atom is -0.366 e. The molecule has 0 saturated heterocycles. The zero-order valence-electron chi connectivity index (χ0n) is 13.0. The van der Waals surface area contributed by atoms with E-state index in [0.29, 0.717) is 12.0 Å². The van der Waals surface area contributed by atoms with Gasteiger partial charge < -0.3 is 5.32 Å². The lowest BCUT2D eigenvalue weighted by Crippen LogP contribution is -2.10. The molecule has 0 aliphatic carbocycles. The van der Waals surface area contributed by atoms with Crippen LogP contribution in [0.2, 0.25) is 0 Å². The Morgan fingerprint density at radius 2 is 2.00 bits per heavy atom. The van der Waals surface area contributed by atoms with Gasteiger partial charge in [0.05, 0.1) is 5.69 Å². The van der Waals surface area contributed by atoms with E-state index in [1.165, 1.54) is 5.56 Å². The molecule has 2 aromatic heterocycles. The third-order valence-corrected chi connectivity index (χ3v) is 3.41. The minimum atomic E-state index is 0.347. The van der Waals surface area contributed by atoms with Gasteiger partial charge >= 0.3 is 0 Å². The van der Waals surface area contributed by atoms with E-state index in [2.05, 4.69) is 59.9 Å². The Morgan fingerprint density at radius 1 is 1.25 bits per heavy atom. The average Bonchev–Trinajstić information content (AvgIpc) is 2.82. The Labute approximate surface area is 121 Å². The highest BCUT2D eigenvalue weighted by Gasteiger charge is 2.12. The molecule has 0 amide bonds. The van der Waals surface area contributed by atoms with Crippen LogP contribution in [0.3, 0.4) is 0 Å². The van der Waals surface area contributed by atoms with Gasteiger partial charge in [-0.3, -0.25) is 4.98 Å². The van der Waals surface area contributed by atoms with E-state index < -0.39 is 0 Å². The van der Waals surface area contributed by atoms with Gasteiger partial charge in [0.25, 0.3) is 0 Å². The minimum absolute atomic E-state index is 0.347. The summed E-state index contributed by atoms with van der Waals surface area (Å²) in [5.41, 5.74) is 3.42. The third kappa shape index (κ3) is 3.18. The lowest BCUT2D eigenvalue weighted by molar-refractivity contribution is 0.527. The van der Waals surface area contributed by atoms with Crippen LogP contribution >= 0.6 is 0 Å². The molecule has 0 aliphatic rings. The maximum absolute atomic E-state index is 4.68. The molecule has 2 heterocycles. The molecule has 0 fully saturated rings. The number of nitrogens with one attached hydrogen (secondary N) is 1. The molecular formula is C16H24N4. The molecule has 20 heavy (non-hydrogen) atoms. The highest BCUT2D eigenvalue weighted by atomic mass is 15.3. The predicted octanol–water partition coefficient (Wildman–Crippen LogP) is 3.90. The molecule has 4 nitrogen and oxygen atoms in total. The van der Waals surface area contributed by atoms with Gasteiger partial charge in [0, 0.05) is 30.5 Å². The normalized spacial score (nSPS) is 11.3. The maximum atomic E-state index is 4.68. The number of nitrogens with zero attached hydrogens (tertiary/aromatic N) is 3. The quantitative estimate of drug-likeness (QED) is 0.897. The van der Waals surface area contributed by atoms with Crippen LogP contribution in [0.25, 0.3) is 0 Å². The number of anilines is 1. The van der Waals surface area contributed by atoms with Crippen molar-refractivity contribution in [2.75, 3.05) is 5.32 Å². The molecule has 1 N–H and O–H groups in total. The van der Waals surface area contributed by atoms with Crippen molar-refractivity contribution in [3.8, 4) is 0 Å². The summed E-state index contributed by atoms with van der Waals surface area (Å²) in [4.78, 5) is 4.32. The first kappa shape index (κ1) is 14.6. The molecular weight excluding hydrogens is 248 g/mol. The van der Waals surface area contributed by atoms with Crippen LogP contribution in [-0.4, -0.2) is 14.8 Å². The number of aromatic nitrogens is 3. The SMILES string of the molecule is Cc1ncccc1CNc1cc(C(C)C)nn1C(C)C. The van der Waals surface area contributed by atoms with Gasteiger partial charge in [-0.05, 0) is 38.3 Å². The highest BCUT2D eigenvalue weighted by Crippen LogP contribution is 2.22. The Bertz CT molecular complexity index is 570. The molecule has 0 spiro atoms. The van der Waals surface area contributed by atoms with Gasteiger partial charge in [-0.15, -0.1) is 0 Å². The van der Waals surface area contributed by atoms with E-state index in [9.17, 15) is 0 Å². The summed E-state index contributed by atoms with van der Waals surface area (Å²) in [5, 5.41) is 8.17. The van der Waals surface area contributed by atoms with Crippen LogP contribution in [0.1, 0.15) is 56.6 Å². The molecule has 2 rings (SSSR count). The van der Waals surface area contributed by atoms with Crippen LogP contribution in [-0.2, 0) is 6.54 Å². The summed E-state index contributed by atoms with van der Waals surface area (Å²) >= 11 is 0. The molecule has 0 saturated carbocycles. The average molecular weight is 272 g/mol. The summed E-state index contributed by atoms with van der Waals surface area (Å²) in [5.74, 6) is 1.52. The lowest BCUT2D eigenvalue weighted by Gasteiger charge is -2.13. The van der Waals surface area contributed by atoms with Crippen molar-refractivity contribution in [3.05, 3.63) is 41.3 Å². The third-order valence-electron chi connectivity index (χ3n) is 3.41. The summed E-state index contributed by atoms with van der Waals surface area (Å²) in [7, 11) is 0. The number of hydrogen-bond acceptors (Lipinski definition) is 3. The van der Waals surface area contributed by atoms with Crippen molar-refractivity contribution in [1.29, 1.82) is 0 Å². The highest BCUT2D eigenvalue weighted by molar-refractivity contribution is 5.40. The molecule has 0 radical (unpaired) electrons. The molecule has 0 aliphatic heterocycles. The first-order valence-corrected chi connectivity index (χ1v) is 7.23. The van der Waals surface area contributed by atoms with Crippen LogP contribution in [0.15, 0.2) is 24.4 Å². The van der Waals surface area contributed by atoms with E-state index in [4.69, 9.17) is 0 Å². The van der Waals surface area contributed by atoms with E-state index in [-0.39, 0.29) is 0 Å². The van der Waals surface area contributed by atoms with Crippen molar-refractivity contribution >= 4 is 5.82 Å². The fraction of sp³-hybridized carbons (Fsp3) is 0.500. The summed E-state index contributed by atoms with van der Waals surface area (Å²) in [6.07, 6.45) is 1.83. The Hall–Kier alpha value is -1.84. The predicted molar refractivity (Wildman–Crippen MR) is 83.0 cm³/mol. The van der Waals surface area contributed by atoms with E-state index in [0.717, 1.165) is 23.8 Å². The molecule has 4 heteroatoms. The van der Waals surface area contributed by atoms with Gasteiger partial charge in [0.1, 0.15) is 5.82 Å². The summed E-state index contributed by atoms with van der Waals surface area (Å²) in [6.45, 7) is 11.4. The van der Waals surface area contributed by atoms with Crippen molar-refractivity contribution in [2.45, 2.75) is 53.1 Å². The van der Waals surface area contributed by atoms with Crippen LogP contribution < -0.4 is 5.32 Å². The van der Waals surface area contributed by atoms with Crippen LogP contribution in [0.5, 0.6) is 0 Å². The number of pyridine rings is 1. The second kappa shape index (κ2) is 6.07. The van der Waals surface area contributed by atoms with Gasteiger partial charge in [-0.2, -0.15) is 5.10 Å². The van der Waals surface area contributed by atoms with Crippen molar-refractivity contribution in [1.82, 2.24) is 14.8 Å². The Morgan fingerprint density at radius 3 is 2.60 bits per heavy atom. The fourth-order valence-electron chi connectivity index (χ4n) is 2.11. The first-order valence-electron chi connectivity index (χ1n) is 7.23. The number of aryl methyl sites for hydroxylation is 1. The standard InChI is InChI=1S/C16H24N4/c1-11(2)15-9-16(20(19-15)12(3)4)18-10-14-7-6-8-17-13(14)5/h6-9,11-12,18H,10H2,1-5H3. The summed E-state index contributed by atoms with van der Waals surface area (Å²) in [6, 6.07) is 6.58. The molecule has 2 aromatic rings. The van der Waals surface area contributed by atoms with Gasteiger partial charge in [0.15, 0.2) is 0 Å². The molecule has 0 atom stereocenters. The van der Waals surface area contributed by atoms with Gasteiger partial charge in [-0.25, -0.2) is 4.68 Å². The molecule has 0 bridgehead atoms. The monoisotopic (exact) mass is 272 g/mol. The van der Waals surface area contributed by atoms with Crippen molar-refractivity contribution in [2.24, 2.45) is 0 Å². The van der Waals surface area contributed by atoms with E-state index in [1.807, 2.05) is 19.2 Å². The van der Waals surface area contributed by atoms with Crippen LogP contribution in [0.4, 0.5) is 5.82 Å². The van der Waals surface area contributed by atoms with E-state index in [1.54, 1.807) is 0 Å². The van der Waals surface area contributed by atoms with Crippen molar-refractivity contribution < 1.29 is 0 Å². The molecule has 0 aromatic carbocycles. The maximum Gasteiger partial charge on any atom is 0.125 e. The first-order chi connectivity index (χ1) is 9.49. The largest absolute Gasteiger partial charge is 0.366 e. The van der Waals surface area contributed by atoms with Gasteiger partial charge in [0.2, 0.25) is 0 Å². The smallest absolute Gasteiger partial charge is 0.125 e.